The summed E-state index contributed by atoms with van der Waals surface area (Å²) in [5, 5.41) is 9.66. The number of para-hydroxylation sites is 2. The van der Waals surface area contributed by atoms with Crippen LogP contribution in [0.3, 0.4) is 0 Å². The Balaban J connectivity index is 1.25. The van der Waals surface area contributed by atoms with Crippen LogP contribution in [-0.2, 0) is 0 Å². The van der Waals surface area contributed by atoms with Crippen LogP contribution in [0.1, 0.15) is 24.8 Å². The van der Waals surface area contributed by atoms with E-state index in [1.807, 2.05) is 12.3 Å². The van der Waals surface area contributed by atoms with Crippen LogP contribution in [0, 0.1) is 29.1 Å². The van der Waals surface area contributed by atoms with Gasteiger partial charge in [0.2, 0.25) is 0 Å². The summed E-state index contributed by atoms with van der Waals surface area (Å²) in [6.07, 6.45) is 29.7. The molecule has 0 aromatic heterocycles. The monoisotopic (exact) mass is 522 g/mol. The third kappa shape index (κ3) is 4.27. The predicted octanol–water partition coefficient (Wildman–Crippen LogP) is 7.28. The Morgan fingerprint density at radius 1 is 0.825 bits per heavy atom. The van der Waals surface area contributed by atoms with Crippen LogP contribution in [0.5, 0.6) is 0 Å². The fourth-order valence-electron chi connectivity index (χ4n) is 7.27. The zero-order valence-corrected chi connectivity index (χ0v) is 22.6. The van der Waals surface area contributed by atoms with Gasteiger partial charge in [0, 0.05) is 35.3 Å². The molecule has 2 heterocycles. The first-order valence-electron chi connectivity index (χ1n) is 14.5. The van der Waals surface area contributed by atoms with Gasteiger partial charge in [0.1, 0.15) is 0 Å². The Bertz CT molecular complexity index is 1500. The molecule has 1 fully saturated rings. The molecular weight excluding hydrogens is 488 g/mol. The van der Waals surface area contributed by atoms with Crippen molar-refractivity contribution in [3.8, 4) is 6.07 Å². The molecule has 198 valence electrons. The third-order valence-electron chi connectivity index (χ3n) is 9.13. The fraction of sp³-hybridized carbons (Fsp3) is 0.278. The molecule has 2 aliphatic heterocycles. The molecule has 4 heteroatoms. The lowest BCUT2D eigenvalue weighted by molar-refractivity contribution is 0.362. The Labute approximate surface area is 237 Å². The van der Waals surface area contributed by atoms with Gasteiger partial charge in [-0.3, -0.25) is 4.99 Å². The largest absolute Gasteiger partial charge is 0.357 e. The maximum atomic E-state index is 9.66. The molecule has 0 spiro atoms. The van der Waals surface area contributed by atoms with Gasteiger partial charge in [-0.25, -0.2) is 0 Å². The summed E-state index contributed by atoms with van der Waals surface area (Å²) in [6, 6.07) is 23.5. The Kier molecular flexibility index (Phi) is 6.57. The molecule has 3 aliphatic carbocycles. The summed E-state index contributed by atoms with van der Waals surface area (Å²) >= 11 is 0. The van der Waals surface area contributed by atoms with Gasteiger partial charge >= 0.3 is 0 Å². The van der Waals surface area contributed by atoms with Gasteiger partial charge in [0.05, 0.1) is 36.2 Å². The van der Waals surface area contributed by atoms with Crippen molar-refractivity contribution in [2.45, 2.75) is 43.4 Å². The second-order valence-electron chi connectivity index (χ2n) is 11.3. The van der Waals surface area contributed by atoms with Crippen molar-refractivity contribution >= 4 is 23.2 Å². The highest BCUT2D eigenvalue weighted by Crippen LogP contribution is 2.43. The van der Waals surface area contributed by atoms with Crippen molar-refractivity contribution in [3.63, 3.8) is 0 Å². The van der Waals surface area contributed by atoms with Gasteiger partial charge in [-0.1, -0.05) is 91.1 Å². The van der Waals surface area contributed by atoms with Crippen LogP contribution in [0.2, 0.25) is 0 Å². The summed E-state index contributed by atoms with van der Waals surface area (Å²) < 4.78 is 0. The topological polar surface area (TPSA) is 42.6 Å². The number of rotatable bonds is 4. The zero-order valence-electron chi connectivity index (χ0n) is 22.6. The minimum atomic E-state index is -0.117. The maximum Gasteiger partial charge on any atom is 0.0744 e. The molecule has 0 N–H and O–H groups in total. The number of piperazine rings is 1. The molecule has 7 atom stereocenters. The minimum absolute atomic E-state index is 0.117. The highest BCUT2D eigenvalue weighted by molar-refractivity contribution is 5.84. The second-order valence-corrected chi connectivity index (χ2v) is 11.3. The van der Waals surface area contributed by atoms with Crippen LogP contribution in [0.25, 0.3) is 5.57 Å². The fourth-order valence-corrected chi connectivity index (χ4v) is 7.27. The number of hydrogen-bond acceptors (Lipinski definition) is 4. The minimum Gasteiger partial charge on any atom is -0.357 e. The van der Waals surface area contributed by atoms with Crippen molar-refractivity contribution < 1.29 is 0 Å². The molecule has 0 bridgehead atoms. The van der Waals surface area contributed by atoms with Crippen molar-refractivity contribution in [2.75, 3.05) is 9.80 Å². The van der Waals surface area contributed by atoms with E-state index in [2.05, 4.69) is 130 Å². The quantitative estimate of drug-likeness (QED) is 0.397. The molecule has 4 nitrogen and oxygen atoms in total. The first-order chi connectivity index (χ1) is 19.8. The first-order valence-corrected chi connectivity index (χ1v) is 14.5. The van der Waals surface area contributed by atoms with E-state index < -0.39 is 0 Å². The van der Waals surface area contributed by atoms with E-state index in [-0.39, 0.29) is 35.9 Å². The number of allylic oxidation sites excluding steroid dienone is 8. The van der Waals surface area contributed by atoms with E-state index in [9.17, 15) is 5.26 Å². The SMILES string of the molecule is N#CC1C=CN=CC1C1C=CC(c2ccccc2N2C3C=CCCC3N(c3ccccc3)[C@H]3C=CC=CC32)=CC1. The summed E-state index contributed by atoms with van der Waals surface area (Å²) in [5.74, 6) is 0.289. The average Bonchev–Trinajstić information content (AvgIpc) is 3.04. The molecule has 6 unspecified atom stereocenters. The lowest BCUT2D eigenvalue weighted by atomic mass is 9.77. The summed E-state index contributed by atoms with van der Waals surface area (Å²) in [6.45, 7) is 0. The standard InChI is InChI=1S/C36H34N4/c37-24-28-22-23-38-25-31(28)27-20-18-26(19-21-27)30-12-4-5-13-32(30)40-35-16-8-6-14-33(35)39(29-10-2-1-3-11-29)34-15-7-9-17-36(34)40/h1-6,8-14,16-20,22-23,25,27-28,31,33-36H,7,15,21H2/t27?,28?,31?,33-,34?,35?,36?/m0/s1. The first kappa shape index (κ1) is 24.7. The number of nitriles is 1. The third-order valence-corrected chi connectivity index (χ3v) is 9.13. The van der Waals surface area contributed by atoms with Gasteiger partial charge in [0.25, 0.3) is 0 Å². The van der Waals surface area contributed by atoms with Crippen LogP contribution in [0.15, 0.2) is 127 Å². The van der Waals surface area contributed by atoms with Crippen molar-refractivity contribution in [1.82, 2.24) is 0 Å². The van der Waals surface area contributed by atoms with Gasteiger partial charge < -0.3 is 9.80 Å². The number of aliphatic imine (C=N–C) groups is 1. The van der Waals surface area contributed by atoms with Crippen molar-refractivity contribution in [1.29, 1.82) is 5.26 Å². The van der Waals surface area contributed by atoms with E-state index in [0.717, 1.165) is 19.3 Å². The molecular formula is C36H34N4. The number of hydrogen-bond donors (Lipinski definition) is 0. The molecule has 0 amide bonds. The number of anilines is 2. The molecule has 7 rings (SSSR count). The lowest BCUT2D eigenvalue weighted by Gasteiger charge is -2.57. The van der Waals surface area contributed by atoms with Crippen molar-refractivity contribution in [3.05, 3.63) is 127 Å². The predicted molar refractivity (Wildman–Crippen MR) is 165 cm³/mol. The Hall–Kier alpha value is -4.36. The highest BCUT2D eigenvalue weighted by Gasteiger charge is 2.46. The molecule has 0 saturated carbocycles. The van der Waals surface area contributed by atoms with E-state index in [0.29, 0.717) is 6.04 Å². The van der Waals surface area contributed by atoms with Gasteiger partial charge in [-0.15, -0.1) is 0 Å². The molecule has 0 radical (unpaired) electrons. The molecule has 2 aromatic carbocycles. The lowest BCUT2D eigenvalue weighted by Crippen LogP contribution is -2.68. The summed E-state index contributed by atoms with van der Waals surface area (Å²) in [7, 11) is 0. The smallest absolute Gasteiger partial charge is 0.0744 e. The molecule has 1 saturated heterocycles. The average molecular weight is 523 g/mol. The van der Waals surface area contributed by atoms with E-state index in [1.165, 1.54) is 22.5 Å². The van der Waals surface area contributed by atoms with E-state index >= 15 is 0 Å². The summed E-state index contributed by atoms with van der Waals surface area (Å²) in [4.78, 5) is 9.71. The Morgan fingerprint density at radius 2 is 1.62 bits per heavy atom. The Morgan fingerprint density at radius 3 is 2.42 bits per heavy atom. The highest BCUT2D eigenvalue weighted by atomic mass is 15.4. The second kappa shape index (κ2) is 10.7. The number of nitrogens with zero attached hydrogens (tertiary/aromatic N) is 4. The van der Waals surface area contributed by atoms with Crippen molar-refractivity contribution in [2.24, 2.45) is 22.7 Å². The van der Waals surface area contributed by atoms with Gasteiger partial charge in [-0.05, 0) is 55.0 Å². The van der Waals surface area contributed by atoms with Crippen LogP contribution in [0.4, 0.5) is 11.4 Å². The van der Waals surface area contributed by atoms with Crippen LogP contribution >= 0.6 is 0 Å². The number of benzene rings is 2. The molecule has 5 aliphatic rings. The van der Waals surface area contributed by atoms with Gasteiger partial charge in [-0.2, -0.15) is 5.26 Å². The van der Waals surface area contributed by atoms with E-state index in [4.69, 9.17) is 0 Å². The molecule has 2 aromatic rings. The van der Waals surface area contributed by atoms with Gasteiger partial charge in [0.15, 0.2) is 0 Å². The number of fused-ring (bicyclic) bond motifs is 2. The normalized spacial score (nSPS) is 31.9. The maximum absolute atomic E-state index is 9.66. The van der Waals surface area contributed by atoms with E-state index in [1.54, 1.807) is 6.20 Å². The van der Waals surface area contributed by atoms with Crippen LogP contribution in [-0.4, -0.2) is 30.4 Å². The van der Waals surface area contributed by atoms with Crippen LogP contribution < -0.4 is 9.80 Å². The molecule has 40 heavy (non-hydrogen) atoms. The summed E-state index contributed by atoms with van der Waals surface area (Å²) in [5.41, 5.74) is 5.13. The zero-order chi connectivity index (χ0) is 26.9.